The highest BCUT2D eigenvalue weighted by Gasteiger charge is 2.11. The van der Waals surface area contributed by atoms with E-state index in [1.807, 2.05) is 0 Å². The number of nitro benzene ring substituents is 1. The number of halogens is 1. The normalized spacial score (nSPS) is 10.4. The smallest absolute Gasteiger partial charge is 0.272 e. The number of carbonyl (C=O) groups is 1. The lowest BCUT2D eigenvalue weighted by Gasteiger charge is -2.02. The van der Waals surface area contributed by atoms with Crippen LogP contribution < -0.4 is 5.32 Å². The minimum atomic E-state index is -0.841. The molecular formula is C10H9FN2O3. The third kappa shape index (κ3) is 2.88. The van der Waals surface area contributed by atoms with Gasteiger partial charge in [0, 0.05) is 6.07 Å². The summed E-state index contributed by atoms with van der Waals surface area (Å²) in [5.74, 6) is -1.33. The number of allylic oxidation sites excluding steroid dienone is 1. The van der Waals surface area contributed by atoms with Crippen molar-refractivity contribution in [1.29, 1.82) is 0 Å². The Morgan fingerprint density at radius 1 is 1.56 bits per heavy atom. The van der Waals surface area contributed by atoms with Crippen LogP contribution in [-0.4, -0.2) is 10.8 Å². The summed E-state index contributed by atoms with van der Waals surface area (Å²) in [5.41, 5.74) is -0.449. The Labute approximate surface area is 90.7 Å². The Morgan fingerprint density at radius 3 is 2.75 bits per heavy atom. The molecule has 0 radical (unpaired) electrons. The van der Waals surface area contributed by atoms with Gasteiger partial charge in [-0.25, -0.2) is 4.39 Å². The van der Waals surface area contributed by atoms with Crippen molar-refractivity contribution in [3.8, 4) is 0 Å². The summed E-state index contributed by atoms with van der Waals surface area (Å²) in [6, 6.07) is 3.02. The highest BCUT2D eigenvalue weighted by molar-refractivity contribution is 5.99. The first-order valence-corrected chi connectivity index (χ1v) is 4.42. The van der Waals surface area contributed by atoms with Crippen LogP contribution in [0.25, 0.3) is 0 Å². The molecule has 0 saturated heterocycles. The molecule has 0 saturated carbocycles. The highest BCUT2D eigenvalue weighted by Crippen LogP contribution is 2.20. The molecule has 1 rings (SSSR count). The zero-order valence-corrected chi connectivity index (χ0v) is 8.44. The number of nitrogens with one attached hydrogen (secondary N) is 1. The van der Waals surface area contributed by atoms with E-state index < -0.39 is 16.6 Å². The first-order valence-electron chi connectivity index (χ1n) is 4.42. The number of nitro groups is 1. The molecule has 84 valence electrons. The first-order chi connectivity index (χ1) is 7.54. The number of amides is 1. The summed E-state index contributed by atoms with van der Waals surface area (Å²) in [6.45, 7) is 1.64. The molecule has 1 N–H and O–H groups in total. The van der Waals surface area contributed by atoms with Crippen LogP contribution in [0.15, 0.2) is 30.4 Å². The quantitative estimate of drug-likeness (QED) is 0.486. The van der Waals surface area contributed by atoms with E-state index in [1.54, 1.807) is 6.92 Å². The van der Waals surface area contributed by atoms with Crippen LogP contribution in [0.1, 0.15) is 6.92 Å². The van der Waals surface area contributed by atoms with Gasteiger partial charge in [0.15, 0.2) is 5.82 Å². The first kappa shape index (κ1) is 11.8. The molecule has 1 aromatic rings. The maximum atomic E-state index is 13.3. The van der Waals surface area contributed by atoms with Gasteiger partial charge < -0.3 is 5.32 Å². The predicted molar refractivity (Wildman–Crippen MR) is 56.5 cm³/mol. The van der Waals surface area contributed by atoms with Crippen LogP contribution >= 0.6 is 0 Å². The Morgan fingerprint density at radius 2 is 2.25 bits per heavy atom. The summed E-state index contributed by atoms with van der Waals surface area (Å²) in [4.78, 5) is 20.7. The van der Waals surface area contributed by atoms with E-state index in [0.29, 0.717) is 0 Å². The van der Waals surface area contributed by atoms with E-state index in [1.165, 1.54) is 12.2 Å². The van der Waals surface area contributed by atoms with Gasteiger partial charge in [-0.2, -0.15) is 0 Å². The van der Waals surface area contributed by atoms with Crippen LogP contribution in [-0.2, 0) is 4.79 Å². The Balaban J connectivity index is 2.91. The van der Waals surface area contributed by atoms with Gasteiger partial charge in [-0.15, -0.1) is 0 Å². The second-order valence-electron chi connectivity index (χ2n) is 2.91. The van der Waals surface area contributed by atoms with Crippen molar-refractivity contribution in [3.63, 3.8) is 0 Å². The Hall–Kier alpha value is -2.24. The minimum Gasteiger partial charge on any atom is -0.320 e. The number of anilines is 1. The third-order valence-electron chi connectivity index (χ3n) is 1.74. The number of rotatable bonds is 3. The van der Waals surface area contributed by atoms with Gasteiger partial charge >= 0.3 is 0 Å². The van der Waals surface area contributed by atoms with Gasteiger partial charge in [0.05, 0.1) is 16.7 Å². The van der Waals surface area contributed by atoms with Crippen molar-refractivity contribution in [2.24, 2.45) is 0 Å². The number of non-ortho nitro benzene ring substituents is 1. The molecule has 0 aromatic heterocycles. The van der Waals surface area contributed by atoms with Crippen LogP contribution in [0.4, 0.5) is 15.8 Å². The molecule has 1 amide bonds. The van der Waals surface area contributed by atoms with Crippen LogP contribution in [0.2, 0.25) is 0 Å². The lowest BCUT2D eigenvalue weighted by atomic mass is 10.2. The van der Waals surface area contributed by atoms with E-state index >= 15 is 0 Å². The fourth-order valence-corrected chi connectivity index (χ4v) is 1.04. The molecule has 0 aliphatic rings. The average molecular weight is 224 g/mol. The second kappa shape index (κ2) is 5.01. The predicted octanol–water partition coefficient (Wildman–Crippen LogP) is 2.25. The van der Waals surface area contributed by atoms with Gasteiger partial charge in [0.1, 0.15) is 0 Å². The Bertz CT molecular complexity index is 457. The van der Waals surface area contributed by atoms with Crippen LogP contribution in [0.3, 0.4) is 0 Å². The molecule has 0 aliphatic heterocycles. The molecule has 16 heavy (non-hydrogen) atoms. The van der Waals surface area contributed by atoms with Gasteiger partial charge in [-0.1, -0.05) is 6.08 Å². The number of carbonyl (C=O) groups excluding carboxylic acids is 1. The number of benzene rings is 1. The fraction of sp³-hybridized carbons (Fsp3) is 0.100. The van der Waals surface area contributed by atoms with Crippen molar-refractivity contribution in [2.75, 3.05) is 5.32 Å². The van der Waals surface area contributed by atoms with Crippen molar-refractivity contribution in [2.45, 2.75) is 6.92 Å². The van der Waals surface area contributed by atoms with Gasteiger partial charge in [-0.05, 0) is 19.1 Å². The third-order valence-corrected chi connectivity index (χ3v) is 1.74. The zero-order valence-electron chi connectivity index (χ0n) is 8.44. The maximum Gasteiger partial charge on any atom is 0.272 e. The molecule has 0 fully saturated rings. The molecule has 0 spiro atoms. The molecule has 6 heteroatoms. The monoisotopic (exact) mass is 224 g/mol. The molecule has 0 bridgehead atoms. The lowest BCUT2D eigenvalue weighted by molar-refractivity contribution is -0.385. The van der Waals surface area contributed by atoms with Gasteiger partial charge in [-0.3, -0.25) is 14.9 Å². The van der Waals surface area contributed by atoms with Gasteiger partial charge in [0.2, 0.25) is 5.91 Å². The molecule has 0 unspecified atom stereocenters. The van der Waals surface area contributed by atoms with Crippen molar-refractivity contribution in [3.05, 3.63) is 46.3 Å². The molecule has 0 aliphatic carbocycles. The summed E-state index contributed by atoms with van der Waals surface area (Å²) in [5, 5.41) is 12.6. The van der Waals surface area contributed by atoms with E-state index in [2.05, 4.69) is 5.32 Å². The second-order valence-corrected chi connectivity index (χ2v) is 2.91. The fourth-order valence-electron chi connectivity index (χ4n) is 1.04. The van der Waals surface area contributed by atoms with Crippen molar-refractivity contribution >= 4 is 17.3 Å². The van der Waals surface area contributed by atoms with Crippen LogP contribution in [0, 0.1) is 15.9 Å². The summed E-state index contributed by atoms with van der Waals surface area (Å²) >= 11 is 0. The molecule has 1 aromatic carbocycles. The topological polar surface area (TPSA) is 72.2 Å². The van der Waals surface area contributed by atoms with Crippen molar-refractivity contribution in [1.82, 2.24) is 0 Å². The minimum absolute atomic E-state index is 0.0892. The number of hydrogen-bond donors (Lipinski definition) is 1. The largest absolute Gasteiger partial charge is 0.320 e. The molecule has 0 atom stereocenters. The number of hydrogen-bond acceptors (Lipinski definition) is 3. The van der Waals surface area contributed by atoms with E-state index in [4.69, 9.17) is 0 Å². The molecule has 5 nitrogen and oxygen atoms in total. The summed E-state index contributed by atoms with van der Waals surface area (Å²) < 4.78 is 13.3. The average Bonchev–Trinajstić information content (AvgIpc) is 2.21. The van der Waals surface area contributed by atoms with E-state index in [9.17, 15) is 19.3 Å². The summed E-state index contributed by atoms with van der Waals surface area (Å²) in [7, 11) is 0. The SMILES string of the molecule is C/C=C/C(=O)Nc1ccc([N+](=O)[O-])cc1F. The number of nitrogens with zero attached hydrogens (tertiary/aromatic N) is 1. The van der Waals surface area contributed by atoms with Gasteiger partial charge in [0.25, 0.3) is 5.69 Å². The highest BCUT2D eigenvalue weighted by atomic mass is 19.1. The lowest BCUT2D eigenvalue weighted by Crippen LogP contribution is -2.09. The zero-order chi connectivity index (χ0) is 12.1. The molecule has 0 heterocycles. The standard InChI is InChI=1S/C10H9FN2O3/c1-2-3-10(14)12-9-5-4-7(13(15)16)6-8(9)11/h2-6H,1H3,(H,12,14)/b3-2+. The van der Waals surface area contributed by atoms with E-state index in [0.717, 1.165) is 18.2 Å². The van der Waals surface area contributed by atoms with E-state index in [-0.39, 0.29) is 11.4 Å². The van der Waals surface area contributed by atoms with Crippen molar-refractivity contribution < 1.29 is 14.1 Å². The maximum absolute atomic E-state index is 13.3. The Kier molecular flexibility index (Phi) is 3.71. The van der Waals surface area contributed by atoms with Crippen LogP contribution in [0.5, 0.6) is 0 Å². The molecular weight excluding hydrogens is 215 g/mol. The summed E-state index contributed by atoms with van der Waals surface area (Å²) in [6.07, 6.45) is 2.72.